The van der Waals surface area contributed by atoms with Crippen molar-refractivity contribution in [2.45, 2.75) is 45.7 Å². The van der Waals surface area contributed by atoms with Gasteiger partial charge in [-0.1, -0.05) is 85.3 Å². The summed E-state index contributed by atoms with van der Waals surface area (Å²) in [7, 11) is 0. The Morgan fingerprint density at radius 2 is 1.58 bits per heavy atom. The zero-order valence-electron chi connectivity index (χ0n) is 19.3. The average Bonchev–Trinajstić information content (AvgIpc) is 2.83. The molecule has 4 nitrogen and oxygen atoms in total. The molecule has 0 aliphatic carbocycles. The van der Waals surface area contributed by atoms with E-state index in [1.54, 1.807) is 23.1 Å². The molecule has 2 amide bonds. The molecule has 0 spiro atoms. The molecule has 0 aliphatic rings. The molecule has 33 heavy (non-hydrogen) atoms. The smallest absolute Gasteiger partial charge is 0.243 e. The second-order valence-corrected chi connectivity index (χ2v) is 8.27. The number of carbonyl (C=O) groups is 2. The summed E-state index contributed by atoms with van der Waals surface area (Å²) in [4.78, 5) is 28.4. The lowest BCUT2D eigenvalue weighted by Gasteiger charge is -2.31. The lowest BCUT2D eigenvalue weighted by Crippen LogP contribution is -2.51. The van der Waals surface area contributed by atoms with Crippen LogP contribution in [0, 0.1) is 12.7 Å². The number of amides is 2. The molecule has 1 atom stereocenters. The Kier molecular flexibility index (Phi) is 8.76. The maximum absolute atomic E-state index is 14.3. The van der Waals surface area contributed by atoms with Crippen LogP contribution in [-0.4, -0.2) is 29.3 Å². The van der Waals surface area contributed by atoms with Crippen LogP contribution >= 0.6 is 0 Å². The van der Waals surface area contributed by atoms with Gasteiger partial charge in [0.25, 0.3) is 0 Å². The average molecular weight is 447 g/mol. The van der Waals surface area contributed by atoms with E-state index < -0.39 is 11.9 Å². The number of halogens is 1. The summed E-state index contributed by atoms with van der Waals surface area (Å²) in [6.07, 6.45) is 1.07. The van der Waals surface area contributed by atoms with E-state index in [0.717, 1.165) is 23.1 Å². The van der Waals surface area contributed by atoms with Gasteiger partial charge in [-0.05, 0) is 36.1 Å². The van der Waals surface area contributed by atoms with Gasteiger partial charge in [0, 0.05) is 19.5 Å². The molecule has 0 fully saturated rings. The van der Waals surface area contributed by atoms with Gasteiger partial charge in [-0.2, -0.15) is 0 Å². The van der Waals surface area contributed by atoms with E-state index in [1.165, 1.54) is 6.07 Å². The van der Waals surface area contributed by atoms with Gasteiger partial charge >= 0.3 is 0 Å². The van der Waals surface area contributed by atoms with E-state index in [2.05, 4.69) is 5.32 Å². The second-order valence-electron chi connectivity index (χ2n) is 8.27. The molecular formula is C28H31FN2O2. The van der Waals surface area contributed by atoms with Gasteiger partial charge in [-0.15, -0.1) is 0 Å². The number of hydrogen-bond acceptors (Lipinski definition) is 2. The lowest BCUT2D eigenvalue weighted by molar-refractivity contribution is -0.140. The van der Waals surface area contributed by atoms with Gasteiger partial charge in [0.05, 0.1) is 6.42 Å². The van der Waals surface area contributed by atoms with Gasteiger partial charge in [0.2, 0.25) is 11.8 Å². The van der Waals surface area contributed by atoms with E-state index in [9.17, 15) is 14.0 Å². The highest BCUT2D eigenvalue weighted by Crippen LogP contribution is 2.18. The minimum absolute atomic E-state index is 0.106. The van der Waals surface area contributed by atoms with Gasteiger partial charge in [-0.25, -0.2) is 4.39 Å². The Morgan fingerprint density at radius 1 is 0.909 bits per heavy atom. The highest BCUT2D eigenvalue weighted by atomic mass is 19.1. The van der Waals surface area contributed by atoms with Gasteiger partial charge in [0.15, 0.2) is 0 Å². The predicted molar refractivity (Wildman–Crippen MR) is 129 cm³/mol. The molecule has 5 heteroatoms. The van der Waals surface area contributed by atoms with Crippen LogP contribution in [0.2, 0.25) is 0 Å². The Bertz CT molecular complexity index is 1050. The van der Waals surface area contributed by atoms with E-state index in [1.807, 2.05) is 68.4 Å². The van der Waals surface area contributed by atoms with Gasteiger partial charge in [0.1, 0.15) is 11.9 Å². The topological polar surface area (TPSA) is 49.4 Å². The van der Waals surface area contributed by atoms with Crippen molar-refractivity contribution < 1.29 is 14.0 Å². The van der Waals surface area contributed by atoms with Crippen LogP contribution in [-0.2, 0) is 29.0 Å². The summed E-state index contributed by atoms with van der Waals surface area (Å²) in [6.45, 7) is 4.79. The van der Waals surface area contributed by atoms with Crippen molar-refractivity contribution in [3.8, 4) is 0 Å². The highest BCUT2D eigenvalue weighted by molar-refractivity contribution is 5.88. The van der Waals surface area contributed by atoms with E-state index in [0.29, 0.717) is 18.5 Å². The third-order valence-electron chi connectivity index (χ3n) is 5.59. The first-order valence-corrected chi connectivity index (χ1v) is 11.4. The van der Waals surface area contributed by atoms with Gasteiger partial charge < -0.3 is 10.2 Å². The first kappa shape index (κ1) is 24.2. The third-order valence-corrected chi connectivity index (χ3v) is 5.59. The number of nitrogens with zero attached hydrogens (tertiary/aromatic N) is 1. The number of benzene rings is 3. The Balaban J connectivity index is 1.95. The van der Waals surface area contributed by atoms with Crippen LogP contribution in [0.5, 0.6) is 0 Å². The van der Waals surface area contributed by atoms with Crippen molar-refractivity contribution in [2.24, 2.45) is 0 Å². The third kappa shape index (κ3) is 7.01. The van der Waals surface area contributed by atoms with Crippen molar-refractivity contribution in [1.82, 2.24) is 10.2 Å². The number of aryl methyl sites for hydroxylation is 1. The molecule has 0 radical (unpaired) electrons. The number of nitrogens with one attached hydrogen (secondary N) is 1. The molecule has 0 bridgehead atoms. The fourth-order valence-electron chi connectivity index (χ4n) is 3.72. The molecule has 172 valence electrons. The summed E-state index contributed by atoms with van der Waals surface area (Å²) in [5.41, 5.74) is 3.32. The molecular weight excluding hydrogens is 415 g/mol. The summed E-state index contributed by atoms with van der Waals surface area (Å²) in [5.74, 6) is -0.904. The lowest BCUT2D eigenvalue weighted by atomic mass is 10.0. The fourth-order valence-corrected chi connectivity index (χ4v) is 3.72. The second kappa shape index (κ2) is 12.0. The van der Waals surface area contributed by atoms with Crippen LogP contribution in [0.25, 0.3) is 0 Å². The molecule has 3 aromatic carbocycles. The molecule has 0 saturated heterocycles. The van der Waals surface area contributed by atoms with Crippen molar-refractivity contribution in [3.63, 3.8) is 0 Å². The van der Waals surface area contributed by atoms with Crippen LogP contribution in [0.3, 0.4) is 0 Å². The molecule has 1 N–H and O–H groups in total. The summed E-state index contributed by atoms with van der Waals surface area (Å²) >= 11 is 0. The SMILES string of the molecule is CCCNC(=O)[C@@H](Cc1ccccc1)N(Cc1ccc(C)cc1)C(=O)Cc1ccccc1F. The molecule has 0 heterocycles. The summed E-state index contributed by atoms with van der Waals surface area (Å²) < 4.78 is 14.3. The van der Waals surface area contributed by atoms with Crippen LogP contribution in [0.15, 0.2) is 78.9 Å². The number of hydrogen-bond donors (Lipinski definition) is 1. The standard InChI is InChI=1S/C28H31FN2O2/c1-3-17-30-28(33)26(18-22-9-5-4-6-10-22)31(20-23-15-13-21(2)14-16-23)27(32)19-24-11-7-8-12-25(24)29/h4-16,26H,3,17-20H2,1-2H3,(H,30,33)/t26-/m1/s1. The van der Waals surface area contributed by atoms with E-state index >= 15 is 0 Å². The Hall–Kier alpha value is -3.47. The van der Waals surface area contributed by atoms with E-state index in [4.69, 9.17) is 0 Å². The van der Waals surface area contributed by atoms with Crippen molar-refractivity contribution in [1.29, 1.82) is 0 Å². The van der Waals surface area contributed by atoms with Crippen molar-refractivity contribution >= 4 is 11.8 Å². The quantitative estimate of drug-likeness (QED) is 0.484. The Morgan fingerprint density at radius 3 is 2.24 bits per heavy atom. The highest BCUT2D eigenvalue weighted by Gasteiger charge is 2.30. The maximum Gasteiger partial charge on any atom is 0.243 e. The van der Waals surface area contributed by atoms with Crippen LogP contribution in [0.1, 0.15) is 35.6 Å². The minimum atomic E-state index is -0.709. The molecule has 0 aromatic heterocycles. The molecule has 0 saturated carbocycles. The number of carbonyl (C=O) groups excluding carboxylic acids is 2. The van der Waals surface area contributed by atoms with Crippen molar-refractivity contribution in [3.05, 3.63) is 107 Å². The molecule has 3 rings (SSSR count). The first-order valence-electron chi connectivity index (χ1n) is 11.4. The normalized spacial score (nSPS) is 11.6. The summed E-state index contributed by atoms with van der Waals surface area (Å²) in [5, 5.41) is 2.95. The zero-order valence-corrected chi connectivity index (χ0v) is 19.3. The fraction of sp³-hybridized carbons (Fsp3) is 0.286. The zero-order chi connectivity index (χ0) is 23.6. The largest absolute Gasteiger partial charge is 0.354 e. The van der Waals surface area contributed by atoms with Crippen molar-refractivity contribution in [2.75, 3.05) is 6.54 Å². The Labute approximate surface area is 195 Å². The van der Waals surface area contributed by atoms with Crippen LogP contribution < -0.4 is 5.32 Å². The van der Waals surface area contributed by atoms with Gasteiger partial charge in [-0.3, -0.25) is 9.59 Å². The van der Waals surface area contributed by atoms with Crippen LogP contribution in [0.4, 0.5) is 4.39 Å². The number of rotatable bonds is 10. The first-order chi connectivity index (χ1) is 16.0. The molecule has 0 aliphatic heterocycles. The maximum atomic E-state index is 14.3. The predicted octanol–water partition coefficient (Wildman–Crippen LogP) is 4.84. The molecule has 0 unspecified atom stereocenters. The summed E-state index contributed by atoms with van der Waals surface area (Å²) in [6, 6.07) is 23.1. The van der Waals surface area contributed by atoms with E-state index in [-0.39, 0.29) is 24.8 Å². The monoisotopic (exact) mass is 446 g/mol. The molecule has 3 aromatic rings. The minimum Gasteiger partial charge on any atom is -0.354 e.